The highest BCUT2D eigenvalue weighted by molar-refractivity contribution is 7.92. The number of sulfonamides is 1. The van der Waals surface area contributed by atoms with Gasteiger partial charge in [-0.15, -0.1) is 0 Å². The summed E-state index contributed by atoms with van der Waals surface area (Å²) < 4.78 is 47.4. The number of unbranched alkanes of at least 4 members (excludes halogenated alkanes) is 1. The Morgan fingerprint density at radius 3 is 2.25 bits per heavy atom. The molecular formula is C30H36FN3O5S. The zero-order valence-electron chi connectivity index (χ0n) is 23.3. The van der Waals surface area contributed by atoms with Crippen LogP contribution in [0.2, 0.25) is 0 Å². The number of aryl methyl sites for hydroxylation is 1. The number of carbonyl (C=O) groups excluding carboxylic acids is 2. The van der Waals surface area contributed by atoms with Gasteiger partial charge in [0, 0.05) is 13.1 Å². The van der Waals surface area contributed by atoms with Gasteiger partial charge < -0.3 is 15.0 Å². The number of carbonyl (C=O) groups is 2. The monoisotopic (exact) mass is 569 g/mol. The standard InChI is InChI=1S/C30H36FN3O5S/c1-5-6-19-32-30(36)23(3)33(20-24-10-8-7-9-22(24)2)29(35)21-34(26-13-11-25(31)12-14-26)40(37,38)28-17-15-27(39-4)16-18-28/h7-18,23H,5-6,19-21H2,1-4H3,(H,32,36)/t23-/m1/s1. The first kappa shape index (κ1) is 30.6. The topological polar surface area (TPSA) is 96.0 Å². The van der Waals surface area contributed by atoms with Crippen molar-refractivity contribution in [1.82, 2.24) is 10.2 Å². The SMILES string of the molecule is CCCCNC(=O)[C@@H](C)N(Cc1ccccc1C)C(=O)CN(c1ccc(F)cc1)S(=O)(=O)c1ccc(OC)cc1. The van der Waals surface area contributed by atoms with Crippen LogP contribution < -0.4 is 14.4 Å². The summed E-state index contributed by atoms with van der Waals surface area (Å²) in [6, 6.07) is 17.3. The first-order chi connectivity index (χ1) is 19.1. The van der Waals surface area contributed by atoms with Crippen LogP contribution in [0.15, 0.2) is 77.7 Å². The zero-order valence-corrected chi connectivity index (χ0v) is 24.1. The molecule has 40 heavy (non-hydrogen) atoms. The highest BCUT2D eigenvalue weighted by atomic mass is 32.2. The largest absolute Gasteiger partial charge is 0.497 e. The number of rotatable bonds is 13. The van der Waals surface area contributed by atoms with E-state index in [1.54, 1.807) is 6.92 Å². The minimum absolute atomic E-state index is 0.0683. The fraction of sp³-hybridized carbons (Fsp3) is 0.333. The Hall–Kier alpha value is -3.92. The number of halogens is 1. The Morgan fingerprint density at radius 1 is 1.00 bits per heavy atom. The summed E-state index contributed by atoms with van der Waals surface area (Å²) in [7, 11) is -2.79. The summed E-state index contributed by atoms with van der Waals surface area (Å²) in [6.45, 7) is 5.52. The molecule has 214 valence electrons. The quantitative estimate of drug-likeness (QED) is 0.302. The molecule has 0 spiro atoms. The molecule has 10 heteroatoms. The van der Waals surface area contributed by atoms with Crippen molar-refractivity contribution in [2.24, 2.45) is 0 Å². The molecule has 2 amide bonds. The fourth-order valence-corrected chi connectivity index (χ4v) is 5.51. The van der Waals surface area contributed by atoms with Crippen LogP contribution in [-0.4, -0.2) is 51.4 Å². The summed E-state index contributed by atoms with van der Waals surface area (Å²) in [4.78, 5) is 28.2. The van der Waals surface area contributed by atoms with Crippen LogP contribution in [-0.2, 0) is 26.2 Å². The van der Waals surface area contributed by atoms with Crippen molar-refractivity contribution in [3.05, 3.63) is 89.7 Å². The third-order valence-electron chi connectivity index (χ3n) is 6.64. The van der Waals surface area contributed by atoms with Crippen LogP contribution in [0.1, 0.15) is 37.8 Å². The maximum Gasteiger partial charge on any atom is 0.264 e. The van der Waals surface area contributed by atoms with Crippen molar-refractivity contribution in [2.75, 3.05) is 24.5 Å². The first-order valence-electron chi connectivity index (χ1n) is 13.1. The molecule has 0 aromatic heterocycles. The minimum atomic E-state index is -4.26. The predicted octanol–water partition coefficient (Wildman–Crippen LogP) is 4.67. The molecule has 0 aliphatic rings. The molecule has 0 saturated heterocycles. The van der Waals surface area contributed by atoms with Crippen LogP contribution in [0.3, 0.4) is 0 Å². The van der Waals surface area contributed by atoms with Gasteiger partial charge in [-0.3, -0.25) is 13.9 Å². The molecule has 0 radical (unpaired) electrons. The first-order valence-corrected chi connectivity index (χ1v) is 14.6. The average Bonchev–Trinajstić information content (AvgIpc) is 2.95. The van der Waals surface area contributed by atoms with E-state index in [4.69, 9.17) is 4.74 Å². The second-order valence-electron chi connectivity index (χ2n) is 9.43. The van der Waals surface area contributed by atoms with Gasteiger partial charge in [-0.2, -0.15) is 0 Å². The molecule has 0 heterocycles. The van der Waals surface area contributed by atoms with E-state index in [1.165, 1.54) is 48.4 Å². The predicted molar refractivity (Wildman–Crippen MR) is 153 cm³/mol. The molecule has 8 nitrogen and oxygen atoms in total. The molecule has 3 aromatic carbocycles. The summed E-state index contributed by atoms with van der Waals surface area (Å²) in [5.74, 6) is -0.990. The molecular weight excluding hydrogens is 533 g/mol. The van der Waals surface area contributed by atoms with Gasteiger partial charge in [-0.1, -0.05) is 37.6 Å². The number of hydrogen-bond donors (Lipinski definition) is 1. The Labute approximate surface area is 235 Å². The van der Waals surface area contributed by atoms with Crippen LogP contribution in [0.5, 0.6) is 5.75 Å². The Bertz CT molecular complexity index is 1400. The zero-order chi connectivity index (χ0) is 29.3. The highest BCUT2D eigenvalue weighted by Gasteiger charge is 2.32. The Balaban J connectivity index is 2.00. The number of amides is 2. The van der Waals surface area contributed by atoms with E-state index in [-0.39, 0.29) is 23.0 Å². The molecule has 0 bridgehead atoms. The number of hydrogen-bond acceptors (Lipinski definition) is 5. The molecule has 3 aromatic rings. The molecule has 1 N–H and O–H groups in total. The Kier molecular flexibility index (Phi) is 10.7. The van der Waals surface area contributed by atoms with Gasteiger partial charge in [0.05, 0.1) is 17.7 Å². The second kappa shape index (κ2) is 13.9. The molecule has 0 fully saturated rings. The van der Waals surface area contributed by atoms with Crippen molar-refractivity contribution in [3.8, 4) is 5.75 Å². The third kappa shape index (κ3) is 7.59. The minimum Gasteiger partial charge on any atom is -0.497 e. The lowest BCUT2D eigenvalue weighted by atomic mass is 10.1. The summed E-state index contributed by atoms with van der Waals surface area (Å²) in [5.41, 5.74) is 1.87. The van der Waals surface area contributed by atoms with E-state index in [2.05, 4.69) is 5.32 Å². The molecule has 0 unspecified atom stereocenters. The van der Waals surface area contributed by atoms with Crippen molar-refractivity contribution in [3.63, 3.8) is 0 Å². The Morgan fingerprint density at radius 2 is 1.65 bits per heavy atom. The van der Waals surface area contributed by atoms with E-state index in [0.29, 0.717) is 12.3 Å². The maximum absolute atomic E-state index is 13.9. The summed E-state index contributed by atoms with van der Waals surface area (Å²) in [5, 5.41) is 2.86. The van der Waals surface area contributed by atoms with Crippen LogP contribution in [0.25, 0.3) is 0 Å². The number of nitrogens with zero attached hydrogens (tertiary/aromatic N) is 2. The molecule has 0 saturated carbocycles. The third-order valence-corrected chi connectivity index (χ3v) is 8.43. The van der Waals surface area contributed by atoms with E-state index >= 15 is 0 Å². The van der Waals surface area contributed by atoms with Crippen LogP contribution in [0.4, 0.5) is 10.1 Å². The van der Waals surface area contributed by atoms with E-state index < -0.39 is 34.3 Å². The van der Waals surface area contributed by atoms with Crippen molar-refractivity contribution in [1.29, 1.82) is 0 Å². The second-order valence-corrected chi connectivity index (χ2v) is 11.3. The lowest BCUT2D eigenvalue weighted by molar-refractivity contribution is -0.139. The van der Waals surface area contributed by atoms with E-state index in [0.717, 1.165) is 40.4 Å². The van der Waals surface area contributed by atoms with Gasteiger partial charge in [0.15, 0.2) is 0 Å². The van der Waals surface area contributed by atoms with Crippen molar-refractivity contribution < 1.29 is 27.1 Å². The van der Waals surface area contributed by atoms with Crippen molar-refractivity contribution in [2.45, 2.75) is 51.1 Å². The number of nitrogens with one attached hydrogen (secondary N) is 1. The molecule has 0 aliphatic carbocycles. The summed E-state index contributed by atoms with van der Waals surface area (Å²) >= 11 is 0. The smallest absolute Gasteiger partial charge is 0.264 e. The average molecular weight is 570 g/mol. The van der Waals surface area contributed by atoms with Gasteiger partial charge in [-0.05, 0) is 79.9 Å². The lowest BCUT2D eigenvalue weighted by Crippen LogP contribution is -2.51. The van der Waals surface area contributed by atoms with Gasteiger partial charge in [0.25, 0.3) is 10.0 Å². The number of anilines is 1. The lowest BCUT2D eigenvalue weighted by Gasteiger charge is -2.32. The normalized spacial score (nSPS) is 11.9. The number of ether oxygens (including phenoxy) is 1. The van der Waals surface area contributed by atoms with Crippen LogP contribution >= 0.6 is 0 Å². The number of benzene rings is 3. The van der Waals surface area contributed by atoms with E-state index in [9.17, 15) is 22.4 Å². The van der Waals surface area contributed by atoms with Crippen molar-refractivity contribution >= 4 is 27.5 Å². The van der Waals surface area contributed by atoms with Gasteiger partial charge >= 0.3 is 0 Å². The molecule has 3 rings (SSSR count). The molecule has 1 atom stereocenters. The maximum atomic E-state index is 13.9. The fourth-order valence-electron chi connectivity index (χ4n) is 4.10. The van der Waals surface area contributed by atoms with E-state index in [1.807, 2.05) is 38.1 Å². The van der Waals surface area contributed by atoms with Gasteiger partial charge in [-0.25, -0.2) is 12.8 Å². The van der Waals surface area contributed by atoms with Gasteiger partial charge in [0.2, 0.25) is 11.8 Å². The number of methoxy groups -OCH3 is 1. The molecule has 0 aliphatic heterocycles. The van der Waals surface area contributed by atoms with Crippen LogP contribution in [0, 0.1) is 12.7 Å². The highest BCUT2D eigenvalue weighted by Crippen LogP contribution is 2.26. The summed E-state index contributed by atoms with van der Waals surface area (Å²) in [6.07, 6.45) is 1.69. The van der Waals surface area contributed by atoms with Gasteiger partial charge in [0.1, 0.15) is 24.2 Å².